The van der Waals surface area contributed by atoms with E-state index in [1.54, 1.807) is 6.21 Å². The number of anilines is 1. The van der Waals surface area contributed by atoms with Gasteiger partial charge in [-0.25, -0.2) is 5.43 Å². The number of aromatic nitrogens is 3. The second-order valence-electron chi connectivity index (χ2n) is 9.10. The number of amides is 1. The molecule has 0 aliphatic heterocycles. The number of rotatable bonds is 9. The van der Waals surface area contributed by atoms with Crippen LogP contribution >= 0.6 is 11.8 Å². The summed E-state index contributed by atoms with van der Waals surface area (Å²) in [6.07, 6.45) is 1.73. The second kappa shape index (κ2) is 11.8. The minimum absolute atomic E-state index is 0.144. The van der Waals surface area contributed by atoms with Crippen LogP contribution in [0.4, 0.5) is 5.69 Å². The second-order valence-corrected chi connectivity index (χ2v) is 10.0. The van der Waals surface area contributed by atoms with Crippen molar-refractivity contribution in [3.05, 3.63) is 127 Å². The average Bonchev–Trinajstić information content (AvgIpc) is 3.42. The van der Waals surface area contributed by atoms with E-state index in [1.165, 1.54) is 11.8 Å². The zero-order valence-electron chi connectivity index (χ0n) is 21.6. The van der Waals surface area contributed by atoms with E-state index in [0.29, 0.717) is 11.7 Å². The molecule has 6 rings (SSSR count). The quantitative estimate of drug-likeness (QED) is 0.0952. The van der Waals surface area contributed by atoms with Crippen LogP contribution in [0.1, 0.15) is 11.4 Å². The molecule has 0 radical (unpaired) electrons. The third-order valence-electron chi connectivity index (χ3n) is 6.47. The number of carbonyl (C=O) groups excluding carboxylic acids is 1. The van der Waals surface area contributed by atoms with Crippen molar-refractivity contribution in [2.24, 2.45) is 5.10 Å². The lowest BCUT2D eigenvalue weighted by Crippen LogP contribution is -2.20. The Morgan fingerprint density at radius 1 is 0.800 bits per heavy atom. The Labute approximate surface area is 236 Å². The van der Waals surface area contributed by atoms with Crippen molar-refractivity contribution < 1.29 is 4.79 Å². The smallest absolute Gasteiger partial charge is 0.250 e. The standard InChI is InChI=1S/C32H26N6OS/c39-31(36-34-20-29-27-17-9-7-11-23(27)19-24-12-8-10-18-28(24)29)22-40-32-37-35-30(21-33-25-13-3-1-4-14-25)38(32)26-15-5-2-6-16-26/h1-20,33H,21-22H2,(H,36,39). The van der Waals surface area contributed by atoms with Crippen LogP contribution in [0.15, 0.2) is 126 Å². The molecule has 40 heavy (non-hydrogen) atoms. The van der Waals surface area contributed by atoms with Gasteiger partial charge in [-0.15, -0.1) is 10.2 Å². The van der Waals surface area contributed by atoms with Gasteiger partial charge in [0.1, 0.15) is 0 Å². The van der Waals surface area contributed by atoms with Gasteiger partial charge in [0.05, 0.1) is 18.5 Å². The lowest BCUT2D eigenvalue weighted by molar-refractivity contribution is -0.118. The first-order valence-corrected chi connectivity index (χ1v) is 13.9. The Morgan fingerprint density at radius 2 is 1.43 bits per heavy atom. The summed E-state index contributed by atoms with van der Waals surface area (Å²) in [5.41, 5.74) is 5.58. The molecule has 0 saturated heterocycles. The molecule has 8 heteroatoms. The van der Waals surface area contributed by atoms with Crippen LogP contribution in [0.3, 0.4) is 0 Å². The molecule has 0 atom stereocenters. The van der Waals surface area contributed by atoms with E-state index in [-0.39, 0.29) is 11.7 Å². The summed E-state index contributed by atoms with van der Waals surface area (Å²) >= 11 is 1.32. The highest BCUT2D eigenvalue weighted by Crippen LogP contribution is 2.27. The highest BCUT2D eigenvalue weighted by molar-refractivity contribution is 7.99. The molecule has 0 aliphatic carbocycles. The first kappa shape index (κ1) is 25.3. The van der Waals surface area contributed by atoms with E-state index in [2.05, 4.69) is 56.4 Å². The number of hydrogen-bond acceptors (Lipinski definition) is 6. The van der Waals surface area contributed by atoms with Gasteiger partial charge in [-0.1, -0.05) is 96.7 Å². The minimum atomic E-state index is -0.225. The Hall–Kier alpha value is -4.95. The Balaban J connectivity index is 1.17. The molecule has 2 N–H and O–H groups in total. The number of para-hydroxylation sites is 2. The third kappa shape index (κ3) is 5.57. The lowest BCUT2D eigenvalue weighted by Gasteiger charge is -2.11. The minimum Gasteiger partial charge on any atom is -0.378 e. The zero-order chi connectivity index (χ0) is 27.1. The highest BCUT2D eigenvalue weighted by atomic mass is 32.2. The van der Waals surface area contributed by atoms with Crippen molar-refractivity contribution in [2.75, 3.05) is 11.1 Å². The van der Waals surface area contributed by atoms with Crippen LogP contribution in [0, 0.1) is 0 Å². The van der Waals surface area contributed by atoms with Crippen LogP contribution in [0.2, 0.25) is 0 Å². The maximum absolute atomic E-state index is 12.8. The fourth-order valence-corrected chi connectivity index (χ4v) is 5.36. The van der Waals surface area contributed by atoms with E-state index in [0.717, 1.165) is 44.3 Å². The first-order valence-electron chi connectivity index (χ1n) is 12.9. The number of fused-ring (bicyclic) bond motifs is 2. The summed E-state index contributed by atoms with van der Waals surface area (Å²) in [6, 6.07) is 38.4. The number of nitrogens with one attached hydrogen (secondary N) is 2. The Bertz CT molecular complexity index is 1750. The van der Waals surface area contributed by atoms with Gasteiger partial charge >= 0.3 is 0 Å². The maximum Gasteiger partial charge on any atom is 0.250 e. The van der Waals surface area contributed by atoms with Crippen LogP contribution in [-0.2, 0) is 11.3 Å². The third-order valence-corrected chi connectivity index (χ3v) is 7.40. The summed E-state index contributed by atoms with van der Waals surface area (Å²) in [5.74, 6) is 0.668. The van der Waals surface area contributed by atoms with Crippen molar-refractivity contribution in [3.63, 3.8) is 0 Å². The molecular formula is C32H26N6OS. The topological polar surface area (TPSA) is 84.2 Å². The fourth-order valence-electron chi connectivity index (χ4n) is 4.60. The molecule has 0 spiro atoms. The number of hydrogen-bond donors (Lipinski definition) is 2. The molecule has 1 amide bonds. The molecule has 5 aromatic carbocycles. The van der Waals surface area contributed by atoms with Gasteiger partial charge < -0.3 is 5.32 Å². The van der Waals surface area contributed by atoms with Crippen molar-refractivity contribution in [3.8, 4) is 5.69 Å². The van der Waals surface area contributed by atoms with Crippen molar-refractivity contribution in [2.45, 2.75) is 11.7 Å². The predicted octanol–water partition coefficient (Wildman–Crippen LogP) is 6.43. The number of thioether (sulfide) groups is 1. The van der Waals surface area contributed by atoms with Gasteiger partial charge in [-0.2, -0.15) is 5.10 Å². The first-order chi connectivity index (χ1) is 19.8. The van der Waals surface area contributed by atoms with Crippen LogP contribution in [0.5, 0.6) is 0 Å². The summed E-state index contributed by atoms with van der Waals surface area (Å²) in [5, 5.41) is 21.6. The van der Waals surface area contributed by atoms with Crippen molar-refractivity contribution >= 4 is 51.1 Å². The molecule has 7 nitrogen and oxygen atoms in total. The molecule has 1 heterocycles. The molecular weight excluding hydrogens is 516 g/mol. The van der Waals surface area contributed by atoms with Crippen molar-refractivity contribution in [1.29, 1.82) is 0 Å². The fraction of sp³-hybridized carbons (Fsp3) is 0.0625. The predicted molar refractivity (Wildman–Crippen MR) is 163 cm³/mol. The van der Waals surface area contributed by atoms with E-state index in [9.17, 15) is 4.79 Å². The van der Waals surface area contributed by atoms with Gasteiger partial charge in [0.2, 0.25) is 0 Å². The largest absolute Gasteiger partial charge is 0.378 e. The Kier molecular flexibility index (Phi) is 7.50. The lowest BCUT2D eigenvalue weighted by atomic mass is 9.97. The number of nitrogens with zero attached hydrogens (tertiary/aromatic N) is 4. The summed E-state index contributed by atoms with van der Waals surface area (Å²) in [6.45, 7) is 0.488. The van der Waals surface area contributed by atoms with Gasteiger partial charge in [-0.05, 0) is 51.9 Å². The summed E-state index contributed by atoms with van der Waals surface area (Å²) in [7, 11) is 0. The zero-order valence-corrected chi connectivity index (χ0v) is 22.4. The molecule has 196 valence electrons. The van der Waals surface area contributed by atoms with Crippen LogP contribution in [0.25, 0.3) is 27.2 Å². The van der Waals surface area contributed by atoms with Crippen molar-refractivity contribution in [1.82, 2.24) is 20.2 Å². The average molecular weight is 543 g/mol. The van der Waals surface area contributed by atoms with Crippen LogP contribution in [-0.4, -0.2) is 32.6 Å². The molecule has 0 aliphatic rings. The van der Waals surface area contributed by atoms with E-state index in [1.807, 2.05) is 89.5 Å². The molecule has 0 saturated carbocycles. The summed E-state index contributed by atoms with van der Waals surface area (Å²) < 4.78 is 1.97. The van der Waals surface area contributed by atoms with Crippen LogP contribution < -0.4 is 10.7 Å². The number of benzene rings is 5. The van der Waals surface area contributed by atoms with Gasteiger partial charge in [0.25, 0.3) is 5.91 Å². The van der Waals surface area contributed by atoms with Gasteiger partial charge in [0.15, 0.2) is 11.0 Å². The maximum atomic E-state index is 12.8. The van der Waals surface area contributed by atoms with E-state index >= 15 is 0 Å². The highest BCUT2D eigenvalue weighted by Gasteiger charge is 2.16. The van der Waals surface area contributed by atoms with Gasteiger partial charge in [0, 0.05) is 16.9 Å². The molecule has 1 aromatic heterocycles. The number of hydrazone groups is 1. The number of carbonyl (C=O) groups is 1. The van der Waals surface area contributed by atoms with E-state index < -0.39 is 0 Å². The van der Waals surface area contributed by atoms with Gasteiger partial charge in [-0.3, -0.25) is 9.36 Å². The SMILES string of the molecule is O=C(CSc1nnc(CNc2ccccc2)n1-c1ccccc1)NN=Cc1c2ccccc2cc2ccccc12. The molecule has 0 fully saturated rings. The monoisotopic (exact) mass is 542 g/mol. The normalized spacial score (nSPS) is 11.3. The van der Waals surface area contributed by atoms with E-state index in [4.69, 9.17) is 0 Å². The molecule has 0 unspecified atom stereocenters. The molecule has 0 bridgehead atoms. The summed E-state index contributed by atoms with van der Waals surface area (Å²) in [4.78, 5) is 12.8. The Morgan fingerprint density at radius 3 is 2.12 bits per heavy atom. The molecule has 6 aromatic rings.